The molecule has 0 saturated carbocycles. The third-order valence-corrected chi connectivity index (χ3v) is 16.9. The van der Waals surface area contributed by atoms with Gasteiger partial charge < -0.3 is 13.6 Å². The zero-order valence-corrected chi connectivity index (χ0v) is 39.0. The number of hydrogen-bond donors (Lipinski definition) is 0. The molecule has 0 saturated heterocycles. The Balaban J connectivity index is 1.23. The Morgan fingerprint density at radius 3 is 1.57 bits per heavy atom. The summed E-state index contributed by atoms with van der Waals surface area (Å²) in [4.78, 5) is 4.69. The molecule has 324 valence electrons. The van der Waals surface area contributed by atoms with Crippen molar-refractivity contribution in [2.45, 2.75) is 6.92 Å². The van der Waals surface area contributed by atoms with E-state index in [1.54, 1.807) is 22.7 Å². The number of aromatic nitrogens is 2. The first-order valence-corrected chi connectivity index (χ1v) is 24.9. The van der Waals surface area contributed by atoms with Gasteiger partial charge in [0.1, 0.15) is 11.7 Å². The van der Waals surface area contributed by atoms with Crippen LogP contribution in [0.15, 0.2) is 192 Å². The van der Waals surface area contributed by atoms with Gasteiger partial charge in [-0.1, -0.05) is 164 Å². The van der Waals surface area contributed by atoms with Crippen molar-refractivity contribution in [1.29, 1.82) is 5.26 Å². The quantitative estimate of drug-likeness (QED) is 0.165. The molecule has 0 bridgehead atoms. The van der Waals surface area contributed by atoms with Crippen LogP contribution in [0.25, 0.3) is 144 Å². The molecule has 5 aromatic heterocycles. The predicted molar refractivity (Wildman–Crippen MR) is 295 cm³/mol. The fourth-order valence-corrected chi connectivity index (χ4v) is 14.1. The molecule has 0 unspecified atom stereocenters. The van der Waals surface area contributed by atoms with E-state index in [-0.39, 0.29) is 0 Å². The van der Waals surface area contributed by atoms with Gasteiger partial charge in [-0.25, -0.2) is 4.85 Å². The molecule has 15 aromatic rings. The highest BCUT2D eigenvalue weighted by Gasteiger charge is 2.33. The number of furan rings is 1. The largest absolute Gasteiger partial charge is 0.454 e. The molecule has 7 heteroatoms. The first kappa shape index (κ1) is 39.1. The molecule has 0 fully saturated rings. The summed E-state index contributed by atoms with van der Waals surface area (Å²) in [5.41, 5.74) is 11.8. The third kappa shape index (κ3) is 5.12. The number of nitriles is 1. The monoisotopic (exact) mass is 926 g/mol. The molecule has 10 aromatic carbocycles. The van der Waals surface area contributed by atoms with Crippen LogP contribution in [0.3, 0.4) is 0 Å². The van der Waals surface area contributed by atoms with Crippen molar-refractivity contribution in [3.63, 3.8) is 0 Å². The maximum Gasteiger partial charge on any atom is 0.221 e. The highest BCUT2D eigenvalue weighted by Crippen LogP contribution is 2.55. The molecule has 0 amide bonds. The maximum atomic E-state index is 12.3. The second-order valence-electron chi connectivity index (χ2n) is 18.1. The summed E-state index contributed by atoms with van der Waals surface area (Å²) in [5.74, 6) is 0. The van der Waals surface area contributed by atoms with E-state index in [1.807, 2.05) is 36.4 Å². The molecule has 0 atom stereocenters. The van der Waals surface area contributed by atoms with Crippen molar-refractivity contribution in [2.75, 3.05) is 0 Å². The number of nitrogens with zero attached hydrogens (tertiary/aromatic N) is 4. The molecule has 0 N–H and O–H groups in total. The average Bonchev–Trinajstić information content (AvgIpc) is 4.23. The zero-order valence-electron chi connectivity index (χ0n) is 37.4. The van der Waals surface area contributed by atoms with Crippen molar-refractivity contribution >= 4 is 134 Å². The summed E-state index contributed by atoms with van der Waals surface area (Å²) in [6.45, 7) is 11.7. The number of benzene rings is 10. The molecule has 0 aliphatic carbocycles. The number of hydrogen-bond acceptors (Lipinski definition) is 4. The van der Waals surface area contributed by atoms with Crippen LogP contribution in [0.5, 0.6) is 0 Å². The van der Waals surface area contributed by atoms with Gasteiger partial charge in [-0.15, -0.1) is 22.7 Å². The van der Waals surface area contributed by atoms with Crippen molar-refractivity contribution < 1.29 is 4.42 Å². The van der Waals surface area contributed by atoms with Crippen molar-refractivity contribution in [2.24, 2.45) is 0 Å². The SMILES string of the molecule is [C-]#[N+]c1c(-c2ccccc2)c(-n2c3ccccc3c3ccc4c5cccc(C)c5oc4c32)c(-c2ccccc2)c(C#N)c1-n1c2c(ccc3c4ccccc4sc32)c2ccc3c4ccccc4sc3c21. The van der Waals surface area contributed by atoms with Crippen LogP contribution in [0.1, 0.15) is 11.1 Å². The third-order valence-electron chi connectivity index (χ3n) is 14.5. The first-order chi connectivity index (χ1) is 34.6. The molecule has 15 rings (SSSR count). The molecule has 70 heavy (non-hydrogen) atoms. The number of fused-ring (bicyclic) bond motifs is 18. The van der Waals surface area contributed by atoms with E-state index in [2.05, 4.69) is 174 Å². The average molecular weight is 927 g/mol. The molecule has 5 heterocycles. The molecule has 0 radical (unpaired) electrons. The van der Waals surface area contributed by atoms with Gasteiger partial charge >= 0.3 is 0 Å². The Labute approximate surface area is 407 Å². The Bertz CT molecular complexity index is 4650. The van der Waals surface area contributed by atoms with Gasteiger partial charge in [-0.05, 0) is 47.9 Å². The number of thiophene rings is 2. The van der Waals surface area contributed by atoms with Crippen LogP contribution >= 0.6 is 22.7 Å². The standard InChI is InChI=1S/C63H34N4OS2/c1-35-16-15-24-44-45-31-28-41-38-21-9-12-25-49(38)66(56(41)61(45)68-60(35)44)59-52(36-17-5-3-6-18-36)48(34-64)55(54(65-2)53(59)37-19-7-4-8-20-37)67-57-42(29-32-46-39-22-10-13-26-50(39)69-62(46)57)43-30-33-47-40-23-11-14-27-51(40)70-63(47)58(43)67/h3-33H,1H3. The summed E-state index contributed by atoms with van der Waals surface area (Å²) in [5, 5.41) is 23.2. The van der Waals surface area contributed by atoms with Gasteiger partial charge in [0.05, 0.1) is 55.0 Å². The van der Waals surface area contributed by atoms with E-state index in [0.29, 0.717) is 16.9 Å². The van der Waals surface area contributed by atoms with Gasteiger partial charge in [0.25, 0.3) is 0 Å². The molecule has 0 spiro atoms. The number of rotatable bonds is 4. The van der Waals surface area contributed by atoms with Gasteiger partial charge in [-0.2, -0.15) is 5.26 Å². The minimum Gasteiger partial charge on any atom is -0.454 e. The van der Waals surface area contributed by atoms with Crippen LogP contribution in [0, 0.1) is 24.8 Å². The van der Waals surface area contributed by atoms with Gasteiger partial charge in [-0.3, -0.25) is 0 Å². The second kappa shape index (κ2) is 14.5. The van der Waals surface area contributed by atoms with E-state index >= 15 is 0 Å². The Kier molecular flexibility index (Phi) is 8.10. The van der Waals surface area contributed by atoms with Crippen LogP contribution < -0.4 is 0 Å². The van der Waals surface area contributed by atoms with E-state index in [0.717, 1.165) is 119 Å². The Hall–Kier alpha value is -8.98. The van der Waals surface area contributed by atoms with Crippen molar-refractivity contribution in [1.82, 2.24) is 9.13 Å². The van der Waals surface area contributed by atoms with Crippen LogP contribution in [0.4, 0.5) is 5.69 Å². The highest BCUT2D eigenvalue weighted by molar-refractivity contribution is 7.27. The maximum absolute atomic E-state index is 12.3. The fraction of sp³-hybridized carbons (Fsp3) is 0.0159. The lowest BCUT2D eigenvalue weighted by atomic mass is 9.88. The summed E-state index contributed by atoms with van der Waals surface area (Å²) in [6.07, 6.45) is 0. The normalized spacial score (nSPS) is 12.0. The van der Waals surface area contributed by atoms with Gasteiger partial charge in [0.2, 0.25) is 5.69 Å². The van der Waals surface area contributed by atoms with Gasteiger partial charge in [0.15, 0.2) is 5.58 Å². The van der Waals surface area contributed by atoms with Crippen LogP contribution in [0.2, 0.25) is 0 Å². The molecular formula is C63H34N4OS2. The lowest BCUT2D eigenvalue weighted by molar-refractivity contribution is 0.668. The summed E-state index contributed by atoms with van der Waals surface area (Å²) >= 11 is 3.54. The Morgan fingerprint density at radius 1 is 0.457 bits per heavy atom. The zero-order chi connectivity index (χ0) is 46.4. The lowest BCUT2D eigenvalue weighted by Crippen LogP contribution is -2.08. The summed E-state index contributed by atoms with van der Waals surface area (Å²) in [7, 11) is 0. The minimum atomic E-state index is 0.394. The van der Waals surface area contributed by atoms with E-state index in [4.69, 9.17) is 9.26 Å². The summed E-state index contributed by atoms with van der Waals surface area (Å²) < 4.78 is 16.3. The smallest absolute Gasteiger partial charge is 0.221 e. The fourth-order valence-electron chi connectivity index (χ4n) is 11.6. The van der Waals surface area contributed by atoms with Crippen LogP contribution in [-0.2, 0) is 0 Å². The van der Waals surface area contributed by atoms with E-state index < -0.39 is 0 Å². The van der Waals surface area contributed by atoms with Crippen molar-refractivity contribution in [3.05, 3.63) is 211 Å². The molecule has 5 nitrogen and oxygen atoms in total. The lowest BCUT2D eigenvalue weighted by Gasteiger charge is -2.25. The molecular weight excluding hydrogens is 893 g/mol. The topological polar surface area (TPSA) is 51.1 Å². The van der Waals surface area contributed by atoms with E-state index in [9.17, 15) is 11.8 Å². The van der Waals surface area contributed by atoms with Crippen LogP contribution in [-0.4, -0.2) is 9.13 Å². The Morgan fingerprint density at radius 2 is 0.957 bits per heavy atom. The highest BCUT2D eigenvalue weighted by atomic mass is 32.1. The number of aryl methyl sites for hydroxylation is 1. The second-order valence-corrected chi connectivity index (χ2v) is 20.2. The van der Waals surface area contributed by atoms with Gasteiger partial charge in [0, 0.05) is 74.4 Å². The minimum absolute atomic E-state index is 0.394. The molecule has 0 aliphatic rings. The molecule has 0 aliphatic heterocycles. The number of para-hydroxylation sites is 2. The van der Waals surface area contributed by atoms with Crippen molar-refractivity contribution in [3.8, 4) is 39.7 Å². The summed E-state index contributed by atoms with van der Waals surface area (Å²) in [6, 6.07) is 68.8. The first-order valence-electron chi connectivity index (χ1n) is 23.3. The van der Waals surface area contributed by atoms with E-state index in [1.165, 1.54) is 20.2 Å². The predicted octanol–water partition coefficient (Wildman–Crippen LogP) is 18.6.